The summed E-state index contributed by atoms with van der Waals surface area (Å²) < 4.78 is 10.4. The van der Waals surface area contributed by atoms with Crippen LogP contribution in [-0.4, -0.2) is 43.4 Å². The molecule has 4 nitrogen and oxygen atoms in total. The van der Waals surface area contributed by atoms with E-state index in [4.69, 9.17) is 9.47 Å². The third kappa shape index (κ3) is 3.21. The van der Waals surface area contributed by atoms with Crippen molar-refractivity contribution < 1.29 is 14.3 Å². The van der Waals surface area contributed by atoms with Crippen molar-refractivity contribution in [1.29, 1.82) is 0 Å². The molecule has 104 valence electrons. The maximum absolute atomic E-state index is 12.4. The maximum Gasteiger partial charge on any atom is 0.254 e. The molecule has 0 aliphatic carbocycles. The summed E-state index contributed by atoms with van der Waals surface area (Å²) in [5, 5.41) is 0.943. The Morgan fingerprint density at radius 1 is 1.32 bits per heavy atom. The first-order chi connectivity index (χ1) is 9.17. The highest BCUT2D eigenvalue weighted by Crippen LogP contribution is 2.26. The molecular weight excluding hydrogens is 310 g/mol. The van der Waals surface area contributed by atoms with E-state index in [1.807, 2.05) is 4.90 Å². The molecule has 0 N–H and O–H groups in total. The van der Waals surface area contributed by atoms with E-state index in [1.165, 1.54) is 0 Å². The van der Waals surface area contributed by atoms with E-state index in [1.54, 1.807) is 32.4 Å². The van der Waals surface area contributed by atoms with E-state index < -0.39 is 0 Å². The normalized spacial score (nSPS) is 18.5. The van der Waals surface area contributed by atoms with Gasteiger partial charge in [0.1, 0.15) is 11.5 Å². The van der Waals surface area contributed by atoms with Gasteiger partial charge in [-0.25, -0.2) is 0 Å². The number of alkyl halides is 1. The number of hydrogen-bond donors (Lipinski definition) is 0. The zero-order chi connectivity index (χ0) is 13.8. The highest BCUT2D eigenvalue weighted by atomic mass is 79.9. The number of methoxy groups -OCH3 is 2. The van der Waals surface area contributed by atoms with Gasteiger partial charge in [-0.3, -0.25) is 4.79 Å². The first kappa shape index (κ1) is 14.2. The number of carbonyl (C=O) groups is 1. The van der Waals surface area contributed by atoms with Crippen LogP contribution in [0.4, 0.5) is 0 Å². The fraction of sp³-hybridized carbons (Fsp3) is 0.500. The van der Waals surface area contributed by atoms with E-state index >= 15 is 0 Å². The summed E-state index contributed by atoms with van der Waals surface area (Å²) in [6, 6.07) is 5.28. The van der Waals surface area contributed by atoms with Crippen LogP contribution in [0.25, 0.3) is 0 Å². The van der Waals surface area contributed by atoms with Crippen LogP contribution >= 0.6 is 15.9 Å². The standard InChI is InChI=1S/C14H18BrNO3/c1-18-12-5-11(6-13(7-12)19-2)14(17)16-4-3-10(8-15)9-16/h5-7,10H,3-4,8-9H2,1-2H3. The molecule has 1 aromatic carbocycles. The predicted octanol–water partition coefficient (Wildman–Crippen LogP) is 2.56. The van der Waals surface area contributed by atoms with Crippen LogP contribution in [-0.2, 0) is 0 Å². The molecule has 1 amide bonds. The summed E-state index contributed by atoms with van der Waals surface area (Å²) in [6.07, 6.45) is 1.05. The zero-order valence-corrected chi connectivity index (χ0v) is 12.8. The average Bonchev–Trinajstić information content (AvgIpc) is 2.94. The van der Waals surface area contributed by atoms with Crippen molar-refractivity contribution in [1.82, 2.24) is 4.90 Å². The number of ether oxygens (including phenoxy) is 2. The first-order valence-electron chi connectivity index (χ1n) is 6.26. The number of rotatable bonds is 4. The van der Waals surface area contributed by atoms with E-state index in [9.17, 15) is 4.79 Å². The molecule has 0 saturated carbocycles. The summed E-state index contributed by atoms with van der Waals surface area (Å²) in [7, 11) is 3.17. The molecule has 0 spiro atoms. The molecule has 0 bridgehead atoms. The summed E-state index contributed by atoms with van der Waals surface area (Å²) in [5.41, 5.74) is 0.617. The van der Waals surface area contributed by atoms with Crippen LogP contribution in [0.15, 0.2) is 18.2 Å². The van der Waals surface area contributed by atoms with Gasteiger partial charge in [0.2, 0.25) is 0 Å². The minimum absolute atomic E-state index is 0.0423. The molecule has 1 aliphatic rings. The lowest BCUT2D eigenvalue weighted by atomic mass is 10.1. The summed E-state index contributed by atoms with van der Waals surface area (Å²) in [6.45, 7) is 1.62. The fourth-order valence-electron chi connectivity index (χ4n) is 2.26. The van der Waals surface area contributed by atoms with Crippen molar-refractivity contribution in [2.45, 2.75) is 6.42 Å². The molecule has 1 aromatic rings. The SMILES string of the molecule is COc1cc(OC)cc(C(=O)N2CCC(CBr)C2)c1. The molecule has 1 heterocycles. The summed E-state index contributed by atoms with van der Waals surface area (Å²) in [5.74, 6) is 1.87. The number of amides is 1. The van der Waals surface area contributed by atoms with Gasteiger partial charge in [-0.05, 0) is 24.5 Å². The molecular formula is C14H18BrNO3. The van der Waals surface area contributed by atoms with E-state index in [0.29, 0.717) is 23.0 Å². The Bertz CT molecular complexity index is 442. The third-order valence-electron chi connectivity index (χ3n) is 3.39. The molecule has 1 fully saturated rings. The van der Waals surface area contributed by atoms with Crippen LogP contribution < -0.4 is 9.47 Å². The van der Waals surface area contributed by atoms with Crippen molar-refractivity contribution in [3.05, 3.63) is 23.8 Å². The zero-order valence-electron chi connectivity index (χ0n) is 11.2. The quantitative estimate of drug-likeness (QED) is 0.798. The van der Waals surface area contributed by atoms with Crippen molar-refractivity contribution in [2.75, 3.05) is 32.6 Å². The fourth-order valence-corrected chi connectivity index (χ4v) is 2.79. The van der Waals surface area contributed by atoms with Crippen LogP contribution in [0, 0.1) is 5.92 Å². The third-order valence-corrected chi connectivity index (χ3v) is 4.31. The Hall–Kier alpha value is -1.23. The Kier molecular flexibility index (Phi) is 4.69. The second-order valence-electron chi connectivity index (χ2n) is 4.66. The average molecular weight is 328 g/mol. The number of hydrogen-bond acceptors (Lipinski definition) is 3. The van der Waals surface area contributed by atoms with Gasteiger partial charge in [0.05, 0.1) is 14.2 Å². The van der Waals surface area contributed by atoms with Crippen LogP contribution in [0.2, 0.25) is 0 Å². The van der Waals surface area contributed by atoms with Gasteiger partial charge in [-0.15, -0.1) is 0 Å². The molecule has 0 aromatic heterocycles. The van der Waals surface area contributed by atoms with Gasteiger partial charge >= 0.3 is 0 Å². The molecule has 5 heteroatoms. The minimum Gasteiger partial charge on any atom is -0.497 e. The number of nitrogens with zero attached hydrogens (tertiary/aromatic N) is 1. The lowest BCUT2D eigenvalue weighted by Gasteiger charge is -2.17. The maximum atomic E-state index is 12.4. The van der Waals surface area contributed by atoms with Gasteiger partial charge in [0, 0.05) is 30.0 Å². The summed E-state index contributed by atoms with van der Waals surface area (Å²) >= 11 is 3.48. The van der Waals surface area contributed by atoms with Crippen LogP contribution in [0.3, 0.4) is 0 Å². The van der Waals surface area contributed by atoms with Gasteiger partial charge in [0.25, 0.3) is 5.91 Å². The molecule has 1 atom stereocenters. The predicted molar refractivity (Wildman–Crippen MR) is 77.4 cm³/mol. The molecule has 2 rings (SSSR count). The molecule has 1 aliphatic heterocycles. The number of likely N-dealkylation sites (tertiary alicyclic amines) is 1. The molecule has 1 unspecified atom stereocenters. The highest BCUT2D eigenvalue weighted by Gasteiger charge is 2.26. The summed E-state index contributed by atoms with van der Waals surface area (Å²) in [4.78, 5) is 14.3. The smallest absolute Gasteiger partial charge is 0.254 e. The Morgan fingerprint density at radius 2 is 1.95 bits per heavy atom. The lowest BCUT2D eigenvalue weighted by Crippen LogP contribution is -2.28. The van der Waals surface area contributed by atoms with Gasteiger partial charge in [-0.2, -0.15) is 0 Å². The Labute approximate surface area is 121 Å². The first-order valence-corrected chi connectivity index (χ1v) is 7.38. The van der Waals surface area contributed by atoms with E-state index in [2.05, 4.69) is 15.9 Å². The molecule has 1 saturated heterocycles. The van der Waals surface area contributed by atoms with Gasteiger partial charge < -0.3 is 14.4 Å². The van der Waals surface area contributed by atoms with Crippen LogP contribution in [0.1, 0.15) is 16.8 Å². The van der Waals surface area contributed by atoms with Crippen molar-refractivity contribution in [3.63, 3.8) is 0 Å². The highest BCUT2D eigenvalue weighted by molar-refractivity contribution is 9.09. The van der Waals surface area contributed by atoms with Crippen molar-refractivity contribution in [2.24, 2.45) is 5.92 Å². The topological polar surface area (TPSA) is 38.8 Å². The number of benzene rings is 1. The number of carbonyl (C=O) groups excluding carboxylic acids is 1. The largest absolute Gasteiger partial charge is 0.497 e. The van der Waals surface area contributed by atoms with E-state index in [-0.39, 0.29) is 5.91 Å². The second kappa shape index (κ2) is 6.28. The van der Waals surface area contributed by atoms with Crippen molar-refractivity contribution in [3.8, 4) is 11.5 Å². The van der Waals surface area contributed by atoms with Gasteiger partial charge in [0.15, 0.2) is 0 Å². The Balaban J connectivity index is 2.19. The number of halogens is 1. The van der Waals surface area contributed by atoms with E-state index in [0.717, 1.165) is 24.8 Å². The molecule has 0 radical (unpaired) electrons. The Morgan fingerprint density at radius 3 is 2.42 bits per heavy atom. The van der Waals surface area contributed by atoms with Crippen LogP contribution in [0.5, 0.6) is 11.5 Å². The lowest BCUT2D eigenvalue weighted by molar-refractivity contribution is 0.0787. The second-order valence-corrected chi connectivity index (χ2v) is 5.31. The molecule has 19 heavy (non-hydrogen) atoms. The van der Waals surface area contributed by atoms with Crippen molar-refractivity contribution >= 4 is 21.8 Å². The van der Waals surface area contributed by atoms with Gasteiger partial charge in [-0.1, -0.05) is 15.9 Å². The minimum atomic E-state index is 0.0423. The monoisotopic (exact) mass is 327 g/mol.